The Balaban J connectivity index is 1.77. The second-order valence-corrected chi connectivity index (χ2v) is 18.7. The molecule has 2 aliphatic rings. The number of carbonyl (C=O) groups is 1. The van der Waals surface area contributed by atoms with Crippen LogP contribution in [0.25, 0.3) is 0 Å². The van der Waals surface area contributed by atoms with Crippen LogP contribution in [-0.4, -0.2) is 142 Å². The van der Waals surface area contributed by atoms with Crippen molar-refractivity contribution in [2.75, 3.05) is 33.0 Å². The van der Waals surface area contributed by atoms with Crippen molar-refractivity contribution >= 4 is 5.97 Å². The summed E-state index contributed by atoms with van der Waals surface area (Å²) < 4.78 is 34.3. The molecule has 0 aliphatic carbocycles. The van der Waals surface area contributed by atoms with Crippen LogP contribution in [0.2, 0.25) is 0 Å². The Bertz CT molecular complexity index is 1370. The monoisotopic (exact) mass is 981 g/mol. The number of aliphatic hydroxyl groups is 7. The zero-order valence-corrected chi connectivity index (χ0v) is 42.5. The van der Waals surface area contributed by atoms with Crippen LogP contribution >= 0.6 is 0 Å². The van der Waals surface area contributed by atoms with E-state index in [9.17, 15) is 40.5 Å². The van der Waals surface area contributed by atoms with Crippen molar-refractivity contribution in [1.82, 2.24) is 0 Å². The van der Waals surface area contributed by atoms with E-state index in [2.05, 4.69) is 74.6 Å². The van der Waals surface area contributed by atoms with Crippen LogP contribution in [0.3, 0.4) is 0 Å². The topological polar surface area (TPSA) is 214 Å². The molecule has 0 aromatic heterocycles. The van der Waals surface area contributed by atoms with E-state index in [-0.39, 0.29) is 19.6 Å². The summed E-state index contributed by atoms with van der Waals surface area (Å²) in [6, 6.07) is 0. The fraction of sp³-hybridized carbons (Fsp3) is 0.800. The summed E-state index contributed by atoms with van der Waals surface area (Å²) in [5.41, 5.74) is 0. The third kappa shape index (κ3) is 29.7. The maximum atomic E-state index is 13.0. The van der Waals surface area contributed by atoms with Gasteiger partial charge in [0.1, 0.15) is 54.9 Å². The fourth-order valence-electron chi connectivity index (χ4n) is 8.09. The summed E-state index contributed by atoms with van der Waals surface area (Å²) >= 11 is 0. The van der Waals surface area contributed by atoms with Crippen LogP contribution in [0, 0.1) is 0 Å². The second-order valence-electron chi connectivity index (χ2n) is 18.7. The molecule has 0 aromatic rings. The minimum atomic E-state index is -1.71. The van der Waals surface area contributed by atoms with E-state index in [1.807, 2.05) is 0 Å². The molecular formula is C55H96O14. The van der Waals surface area contributed by atoms with Crippen molar-refractivity contribution in [2.24, 2.45) is 0 Å². The number of hydrogen-bond donors (Lipinski definition) is 7. The van der Waals surface area contributed by atoms with E-state index in [1.165, 1.54) is 64.2 Å². The number of aliphatic hydroxyl groups excluding tert-OH is 7. The molecule has 7 N–H and O–H groups in total. The Labute approximate surface area is 415 Å². The molecule has 0 radical (unpaired) electrons. The van der Waals surface area contributed by atoms with Crippen molar-refractivity contribution in [3.05, 3.63) is 60.8 Å². The second kappa shape index (κ2) is 42.2. The molecule has 14 nitrogen and oxygen atoms in total. The molecule has 14 heteroatoms. The van der Waals surface area contributed by atoms with E-state index >= 15 is 0 Å². The Morgan fingerprint density at radius 1 is 0.478 bits per heavy atom. The smallest absolute Gasteiger partial charge is 0.306 e. The lowest BCUT2D eigenvalue weighted by atomic mass is 9.98. The molecule has 2 heterocycles. The molecule has 0 saturated carbocycles. The number of hydrogen-bond acceptors (Lipinski definition) is 14. The Morgan fingerprint density at radius 2 is 0.899 bits per heavy atom. The predicted octanol–water partition coefficient (Wildman–Crippen LogP) is 8.52. The average Bonchev–Trinajstić information content (AvgIpc) is 3.35. The van der Waals surface area contributed by atoms with Crippen LogP contribution in [0.1, 0.15) is 181 Å². The highest BCUT2D eigenvalue weighted by Crippen LogP contribution is 2.26. The standard InChI is InChI=1S/C55H96O14/c1-3-5-7-9-11-13-15-17-19-21-22-23-24-26-28-30-32-34-36-38-47(57)67-44(41-64-39-37-35-33-31-29-27-25-20-18-16-14-12-10-8-6-4-2)42-65-54-53(63)51(61)49(59)46(69-54)43-66-55-52(62)50(60)48(58)45(40-56)68-55/h11-14,17-20,22-23,44-46,48-56,58-63H,3-10,15-16,21,24-43H2,1-2H3/b13-11-,14-12-,19-17-,20-18-,23-22-. The van der Waals surface area contributed by atoms with Crippen molar-refractivity contribution in [3.8, 4) is 0 Å². The summed E-state index contributed by atoms with van der Waals surface area (Å²) in [7, 11) is 0. The molecule has 69 heavy (non-hydrogen) atoms. The van der Waals surface area contributed by atoms with Gasteiger partial charge in [-0.15, -0.1) is 0 Å². The van der Waals surface area contributed by atoms with Crippen molar-refractivity contribution < 1.29 is 69.0 Å². The van der Waals surface area contributed by atoms with E-state index in [1.54, 1.807) is 0 Å². The minimum Gasteiger partial charge on any atom is -0.457 e. The molecule has 11 unspecified atom stereocenters. The first-order chi connectivity index (χ1) is 33.6. The highest BCUT2D eigenvalue weighted by molar-refractivity contribution is 5.69. The van der Waals surface area contributed by atoms with E-state index in [0.717, 1.165) is 89.9 Å². The van der Waals surface area contributed by atoms with Crippen molar-refractivity contribution in [3.63, 3.8) is 0 Å². The number of carbonyl (C=O) groups excluding carboxylic acids is 1. The molecule has 2 fully saturated rings. The van der Waals surface area contributed by atoms with Crippen LogP contribution < -0.4 is 0 Å². The largest absolute Gasteiger partial charge is 0.457 e. The van der Waals surface area contributed by atoms with Crippen molar-refractivity contribution in [1.29, 1.82) is 0 Å². The van der Waals surface area contributed by atoms with Crippen LogP contribution in [0.4, 0.5) is 0 Å². The molecular weight excluding hydrogens is 885 g/mol. The third-order valence-corrected chi connectivity index (χ3v) is 12.5. The summed E-state index contributed by atoms with van der Waals surface area (Å²) in [5, 5.41) is 72.2. The van der Waals surface area contributed by atoms with Gasteiger partial charge in [0, 0.05) is 13.0 Å². The molecule has 2 rings (SSSR count). The molecule has 0 bridgehead atoms. The maximum Gasteiger partial charge on any atom is 0.306 e. The molecule has 2 aliphatic heterocycles. The van der Waals surface area contributed by atoms with Gasteiger partial charge in [0.05, 0.1) is 26.4 Å². The van der Waals surface area contributed by atoms with E-state index < -0.39 is 86.7 Å². The summed E-state index contributed by atoms with van der Waals surface area (Å²) in [4.78, 5) is 13.0. The van der Waals surface area contributed by atoms with Gasteiger partial charge in [-0.25, -0.2) is 0 Å². The van der Waals surface area contributed by atoms with Gasteiger partial charge in [-0.2, -0.15) is 0 Å². The molecule has 0 aromatic carbocycles. The van der Waals surface area contributed by atoms with Gasteiger partial charge in [-0.1, -0.05) is 152 Å². The number of esters is 1. The molecule has 0 amide bonds. The van der Waals surface area contributed by atoms with Crippen LogP contribution in [0.5, 0.6) is 0 Å². The minimum absolute atomic E-state index is 0.0465. The Morgan fingerprint density at radius 3 is 1.41 bits per heavy atom. The molecule has 11 atom stereocenters. The zero-order valence-electron chi connectivity index (χ0n) is 42.5. The Hall–Kier alpha value is -2.31. The Kier molecular flexibility index (Phi) is 38.4. The lowest BCUT2D eigenvalue weighted by Gasteiger charge is -2.42. The predicted molar refractivity (Wildman–Crippen MR) is 270 cm³/mol. The highest BCUT2D eigenvalue weighted by atomic mass is 16.7. The number of unbranched alkanes of at least 4 members (excludes halogenated alkanes) is 18. The zero-order chi connectivity index (χ0) is 50.2. The van der Waals surface area contributed by atoms with Gasteiger partial charge in [-0.05, 0) is 83.5 Å². The number of ether oxygens (including phenoxy) is 6. The summed E-state index contributed by atoms with van der Waals surface area (Å²) in [5.74, 6) is -0.394. The lowest BCUT2D eigenvalue weighted by Crippen LogP contribution is -2.61. The molecule has 400 valence electrons. The van der Waals surface area contributed by atoms with E-state index in [4.69, 9.17) is 28.4 Å². The van der Waals surface area contributed by atoms with Gasteiger partial charge in [0.25, 0.3) is 0 Å². The third-order valence-electron chi connectivity index (χ3n) is 12.5. The summed E-state index contributed by atoms with van der Waals surface area (Å²) in [6.45, 7) is 3.59. The van der Waals surface area contributed by atoms with Gasteiger partial charge >= 0.3 is 5.97 Å². The molecule has 2 saturated heterocycles. The summed E-state index contributed by atoms with van der Waals surface area (Å²) in [6.07, 6.45) is 34.1. The first kappa shape index (κ1) is 62.8. The van der Waals surface area contributed by atoms with Gasteiger partial charge in [0.2, 0.25) is 0 Å². The van der Waals surface area contributed by atoms with Gasteiger partial charge in [-0.3, -0.25) is 4.79 Å². The van der Waals surface area contributed by atoms with Gasteiger partial charge < -0.3 is 64.2 Å². The first-order valence-corrected chi connectivity index (χ1v) is 26.9. The van der Waals surface area contributed by atoms with Crippen molar-refractivity contribution in [2.45, 2.75) is 248 Å². The lowest BCUT2D eigenvalue weighted by molar-refractivity contribution is -0.332. The first-order valence-electron chi connectivity index (χ1n) is 26.9. The fourth-order valence-corrected chi connectivity index (χ4v) is 8.09. The quantitative estimate of drug-likeness (QED) is 0.0174. The maximum absolute atomic E-state index is 13.0. The average molecular weight is 981 g/mol. The van der Waals surface area contributed by atoms with Crippen LogP contribution in [-0.2, 0) is 33.2 Å². The molecule has 0 spiro atoms. The number of allylic oxidation sites excluding steroid dienone is 10. The van der Waals surface area contributed by atoms with Gasteiger partial charge in [0.15, 0.2) is 12.6 Å². The SMILES string of the molecule is CCCCC/C=C\C/C=C\C/C=C\CCCCCCCCC(=O)OC(COCCCCCCCC/C=C\C/C=C\CCCCC)COC1OC(COC2OC(CO)C(O)C(O)C2O)C(O)C(O)C1O. The van der Waals surface area contributed by atoms with Crippen LogP contribution in [0.15, 0.2) is 60.8 Å². The highest BCUT2D eigenvalue weighted by Gasteiger charge is 2.47. The van der Waals surface area contributed by atoms with E-state index in [0.29, 0.717) is 13.0 Å². The number of rotatable bonds is 42. The normalized spacial score (nSPS) is 26.2.